The molecule has 0 radical (unpaired) electrons. The van der Waals surface area contributed by atoms with Crippen LogP contribution >= 0.6 is 0 Å². The van der Waals surface area contributed by atoms with Gasteiger partial charge in [-0.1, -0.05) is 23.8 Å². The molecule has 1 fully saturated rings. The van der Waals surface area contributed by atoms with Gasteiger partial charge < -0.3 is 20.8 Å². The molecule has 22 heavy (non-hydrogen) atoms. The van der Waals surface area contributed by atoms with E-state index in [1.165, 1.54) is 0 Å². The van der Waals surface area contributed by atoms with Crippen LogP contribution in [0.15, 0.2) is 28.4 Å². The van der Waals surface area contributed by atoms with Gasteiger partial charge >= 0.3 is 7.12 Å². The third kappa shape index (κ3) is 3.31. The number of aryl methyl sites for hydroxylation is 1. The first-order valence-electron chi connectivity index (χ1n) is 7.20. The van der Waals surface area contributed by atoms with Crippen molar-refractivity contribution in [3.63, 3.8) is 0 Å². The summed E-state index contributed by atoms with van der Waals surface area (Å²) in [5, 5.41) is 7.39. The average Bonchev–Trinajstić information content (AvgIpc) is 2.57. The van der Waals surface area contributed by atoms with Gasteiger partial charge in [0.05, 0.1) is 17.4 Å². The van der Waals surface area contributed by atoms with E-state index in [2.05, 4.69) is 10.2 Å². The van der Waals surface area contributed by atoms with Gasteiger partial charge in [-0.05, 0) is 45.6 Å². The highest BCUT2D eigenvalue weighted by Crippen LogP contribution is 2.36. The molecule has 0 aromatic heterocycles. The number of nitrogens with two attached hydrogens (primary N) is 2. The van der Waals surface area contributed by atoms with Crippen LogP contribution in [0.1, 0.15) is 38.8 Å². The zero-order valence-corrected chi connectivity index (χ0v) is 13.8. The van der Waals surface area contributed by atoms with Gasteiger partial charge in [0, 0.05) is 0 Å². The third-order valence-electron chi connectivity index (χ3n) is 4.18. The van der Waals surface area contributed by atoms with E-state index in [1.807, 2.05) is 52.8 Å². The molecule has 0 atom stereocenters. The summed E-state index contributed by atoms with van der Waals surface area (Å²) < 4.78 is 12.1. The number of guanidine groups is 1. The van der Waals surface area contributed by atoms with Crippen LogP contribution < -0.4 is 16.9 Å². The molecule has 0 bridgehead atoms. The van der Waals surface area contributed by atoms with Crippen molar-refractivity contribution >= 4 is 24.8 Å². The van der Waals surface area contributed by atoms with Gasteiger partial charge in [0.1, 0.15) is 0 Å². The topological polar surface area (TPSA) is 95.2 Å². The molecule has 1 saturated heterocycles. The van der Waals surface area contributed by atoms with E-state index in [0.29, 0.717) is 0 Å². The summed E-state index contributed by atoms with van der Waals surface area (Å²) in [5.41, 5.74) is 12.7. The minimum Gasteiger partial charge on any atom is -0.399 e. The van der Waals surface area contributed by atoms with E-state index in [4.69, 9.17) is 20.8 Å². The van der Waals surface area contributed by atoms with Crippen LogP contribution in [0, 0.1) is 6.92 Å². The summed E-state index contributed by atoms with van der Waals surface area (Å²) in [6.45, 7) is 10.2. The van der Waals surface area contributed by atoms with Gasteiger partial charge in [0.15, 0.2) is 0 Å². The van der Waals surface area contributed by atoms with Crippen molar-refractivity contribution in [2.45, 2.75) is 45.8 Å². The second-order valence-corrected chi connectivity index (χ2v) is 6.47. The molecule has 0 spiro atoms. The lowest BCUT2D eigenvalue weighted by Crippen LogP contribution is -2.41. The number of hydrogen-bond acceptors (Lipinski definition) is 4. The SMILES string of the molecule is Cc1cc(C=NN=C(N)N)ccc1B1OC(C)(C)C(C)(C)O1. The van der Waals surface area contributed by atoms with Gasteiger partial charge in [-0.2, -0.15) is 5.10 Å². The zero-order chi connectivity index (χ0) is 16.5. The molecule has 0 aliphatic carbocycles. The van der Waals surface area contributed by atoms with Gasteiger partial charge in [0.2, 0.25) is 5.96 Å². The lowest BCUT2D eigenvalue weighted by atomic mass is 9.76. The maximum absolute atomic E-state index is 6.07. The number of hydrogen-bond donors (Lipinski definition) is 2. The molecular weight excluding hydrogens is 279 g/mol. The van der Waals surface area contributed by atoms with Crippen LogP contribution in [0.4, 0.5) is 0 Å². The smallest absolute Gasteiger partial charge is 0.399 e. The van der Waals surface area contributed by atoms with Crippen LogP contribution in [0.3, 0.4) is 0 Å². The molecule has 1 heterocycles. The summed E-state index contributed by atoms with van der Waals surface area (Å²) in [6.07, 6.45) is 1.60. The maximum Gasteiger partial charge on any atom is 0.495 e. The minimum absolute atomic E-state index is 0.0678. The predicted molar refractivity (Wildman–Crippen MR) is 90.3 cm³/mol. The molecular formula is C15H23BN4O2. The Bertz CT molecular complexity index is 606. The fourth-order valence-electron chi connectivity index (χ4n) is 2.18. The quantitative estimate of drug-likeness (QED) is 0.375. The maximum atomic E-state index is 6.07. The van der Waals surface area contributed by atoms with Crippen LogP contribution in [-0.2, 0) is 9.31 Å². The normalized spacial score (nSPS) is 19.6. The Morgan fingerprint density at radius 2 is 1.73 bits per heavy atom. The van der Waals surface area contributed by atoms with Gasteiger partial charge in [-0.3, -0.25) is 0 Å². The zero-order valence-electron chi connectivity index (χ0n) is 13.8. The Balaban J connectivity index is 2.21. The molecule has 0 amide bonds. The van der Waals surface area contributed by atoms with Crippen LogP contribution in [0.5, 0.6) is 0 Å². The van der Waals surface area contributed by atoms with Crippen LogP contribution in [0.25, 0.3) is 0 Å². The van der Waals surface area contributed by atoms with Gasteiger partial charge in [0.25, 0.3) is 0 Å². The van der Waals surface area contributed by atoms with E-state index in [9.17, 15) is 0 Å². The molecule has 1 aromatic carbocycles. The molecule has 6 nitrogen and oxygen atoms in total. The lowest BCUT2D eigenvalue weighted by molar-refractivity contribution is 0.00578. The fourth-order valence-corrected chi connectivity index (χ4v) is 2.18. The largest absolute Gasteiger partial charge is 0.495 e. The Morgan fingerprint density at radius 3 is 2.23 bits per heavy atom. The van der Waals surface area contributed by atoms with Crippen molar-refractivity contribution in [3.05, 3.63) is 29.3 Å². The number of rotatable bonds is 3. The monoisotopic (exact) mass is 302 g/mol. The molecule has 0 saturated carbocycles. The van der Waals surface area contributed by atoms with E-state index in [-0.39, 0.29) is 24.3 Å². The third-order valence-corrected chi connectivity index (χ3v) is 4.18. The second-order valence-electron chi connectivity index (χ2n) is 6.47. The van der Waals surface area contributed by atoms with Crippen LogP contribution in [-0.4, -0.2) is 30.5 Å². The lowest BCUT2D eigenvalue weighted by Gasteiger charge is -2.32. The molecule has 118 valence electrons. The van der Waals surface area contributed by atoms with Crippen molar-refractivity contribution in [2.75, 3.05) is 0 Å². The van der Waals surface area contributed by atoms with Crippen molar-refractivity contribution in [3.8, 4) is 0 Å². The predicted octanol–water partition coefficient (Wildman–Crippen LogP) is 0.902. The minimum atomic E-state index is -0.367. The first-order chi connectivity index (χ1) is 10.1. The van der Waals surface area contributed by atoms with Crippen molar-refractivity contribution in [2.24, 2.45) is 21.7 Å². The molecule has 2 rings (SSSR count). The fraction of sp³-hybridized carbons (Fsp3) is 0.467. The van der Waals surface area contributed by atoms with E-state index < -0.39 is 0 Å². The summed E-state index contributed by atoms with van der Waals surface area (Å²) >= 11 is 0. The number of nitrogens with zero attached hydrogens (tertiary/aromatic N) is 2. The molecule has 1 aromatic rings. The first-order valence-corrected chi connectivity index (χ1v) is 7.20. The van der Waals surface area contributed by atoms with Gasteiger partial charge in [-0.15, -0.1) is 5.10 Å². The standard InChI is InChI=1S/C15H23BN4O2/c1-10-8-11(9-19-20-13(17)18)6-7-12(10)16-21-14(2,3)15(4,5)22-16/h6-9H,1-5H3,(H4,17,18,20). The highest BCUT2D eigenvalue weighted by molar-refractivity contribution is 6.62. The number of benzene rings is 1. The summed E-state index contributed by atoms with van der Waals surface area (Å²) in [5.74, 6) is -0.0678. The highest BCUT2D eigenvalue weighted by atomic mass is 16.7. The summed E-state index contributed by atoms with van der Waals surface area (Å²) in [7, 11) is -0.367. The summed E-state index contributed by atoms with van der Waals surface area (Å²) in [6, 6.07) is 5.90. The van der Waals surface area contributed by atoms with Crippen molar-refractivity contribution < 1.29 is 9.31 Å². The first kappa shape index (κ1) is 16.5. The molecule has 1 aliphatic heterocycles. The highest BCUT2D eigenvalue weighted by Gasteiger charge is 2.51. The van der Waals surface area contributed by atoms with Crippen LogP contribution in [0.2, 0.25) is 0 Å². The Hall–Kier alpha value is -1.86. The summed E-state index contributed by atoms with van der Waals surface area (Å²) in [4.78, 5) is 0. The molecule has 4 N–H and O–H groups in total. The van der Waals surface area contributed by atoms with Gasteiger partial charge in [-0.25, -0.2) is 0 Å². The van der Waals surface area contributed by atoms with E-state index in [1.54, 1.807) is 6.21 Å². The second kappa shape index (κ2) is 5.74. The van der Waals surface area contributed by atoms with E-state index in [0.717, 1.165) is 16.6 Å². The van der Waals surface area contributed by atoms with Crippen molar-refractivity contribution in [1.29, 1.82) is 0 Å². The Morgan fingerprint density at radius 1 is 1.14 bits per heavy atom. The molecule has 0 unspecified atom stereocenters. The van der Waals surface area contributed by atoms with Crippen molar-refractivity contribution in [1.82, 2.24) is 0 Å². The average molecular weight is 302 g/mol. The Labute approximate surface area is 131 Å². The molecule has 1 aliphatic rings. The molecule has 7 heteroatoms. The Kier molecular flexibility index (Phi) is 4.31. The van der Waals surface area contributed by atoms with E-state index >= 15 is 0 Å².